The topological polar surface area (TPSA) is 76.0 Å². The van der Waals surface area contributed by atoms with Crippen molar-refractivity contribution in [3.63, 3.8) is 0 Å². The molecule has 166 valence electrons. The van der Waals surface area contributed by atoms with Crippen LogP contribution in [-0.2, 0) is 17.5 Å². The summed E-state index contributed by atoms with van der Waals surface area (Å²) in [4.78, 5) is 28.7. The van der Waals surface area contributed by atoms with Gasteiger partial charge in [-0.2, -0.15) is 13.2 Å². The molecule has 1 aromatic heterocycles. The molecule has 4 rings (SSSR count). The molecule has 1 aliphatic heterocycles. The van der Waals surface area contributed by atoms with Gasteiger partial charge >= 0.3 is 6.18 Å². The summed E-state index contributed by atoms with van der Waals surface area (Å²) >= 11 is 6.16. The molecule has 2 heterocycles. The highest BCUT2D eigenvalue weighted by Gasteiger charge is 2.34. The van der Waals surface area contributed by atoms with E-state index in [0.29, 0.717) is 12.1 Å². The minimum absolute atomic E-state index is 0.113. The van der Waals surface area contributed by atoms with Gasteiger partial charge in [-0.3, -0.25) is 9.59 Å². The molecule has 2 N–H and O–H groups in total. The summed E-state index contributed by atoms with van der Waals surface area (Å²) in [6, 6.07) is 3.93. The maximum Gasteiger partial charge on any atom is 0.416 e. The van der Waals surface area contributed by atoms with Gasteiger partial charge in [0.15, 0.2) is 5.82 Å². The van der Waals surface area contributed by atoms with E-state index in [0.717, 1.165) is 12.1 Å². The number of anilines is 1. The highest BCUT2D eigenvalue weighted by molar-refractivity contribution is 6.31. The first-order chi connectivity index (χ1) is 15.0. The highest BCUT2D eigenvalue weighted by Crippen LogP contribution is 2.35. The van der Waals surface area contributed by atoms with Crippen molar-refractivity contribution in [2.45, 2.75) is 18.8 Å². The molecule has 0 saturated carbocycles. The molecule has 0 bridgehead atoms. The Balaban J connectivity index is 1.72. The maximum absolute atomic E-state index is 13.8. The fourth-order valence-corrected chi connectivity index (χ4v) is 3.60. The van der Waals surface area contributed by atoms with E-state index in [9.17, 15) is 31.5 Å². The van der Waals surface area contributed by atoms with Crippen LogP contribution in [0.4, 0.5) is 27.8 Å². The Morgan fingerprint density at radius 1 is 1.16 bits per heavy atom. The number of halogens is 6. The van der Waals surface area contributed by atoms with Gasteiger partial charge in [-0.25, -0.2) is 13.8 Å². The number of hydrogen-bond acceptors (Lipinski definition) is 3. The number of amides is 2. The van der Waals surface area contributed by atoms with Gasteiger partial charge in [0.05, 0.1) is 23.6 Å². The Bertz CT molecular complexity index is 1240. The number of nitrogens with one attached hydrogen (secondary N) is 2. The van der Waals surface area contributed by atoms with E-state index in [-0.39, 0.29) is 34.7 Å². The molecule has 0 fully saturated rings. The van der Waals surface area contributed by atoms with Crippen LogP contribution in [0.5, 0.6) is 0 Å². The third-order valence-corrected chi connectivity index (χ3v) is 5.10. The van der Waals surface area contributed by atoms with Crippen LogP contribution in [0.2, 0.25) is 5.02 Å². The van der Waals surface area contributed by atoms with Gasteiger partial charge in [-0.15, -0.1) is 0 Å². The smallest absolute Gasteiger partial charge is 0.342 e. The molecule has 0 radical (unpaired) electrons. The van der Waals surface area contributed by atoms with Gasteiger partial charge in [-0.05, 0) is 36.4 Å². The molecular formula is C20H12ClF5N4O2. The number of hydrogen-bond donors (Lipinski definition) is 2. The monoisotopic (exact) mass is 470 g/mol. The quantitative estimate of drug-likeness (QED) is 0.560. The molecular weight excluding hydrogens is 459 g/mol. The summed E-state index contributed by atoms with van der Waals surface area (Å²) in [5.41, 5.74) is -1.51. The number of carbonyl (C=O) groups is 2. The molecule has 3 aromatic rings. The van der Waals surface area contributed by atoms with Crippen molar-refractivity contribution in [1.82, 2.24) is 14.9 Å². The Labute approximate surface area is 182 Å². The number of alkyl halides is 3. The fourth-order valence-electron chi connectivity index (χ4n) is 3.37. The van der Waals surface area contributed by atoms with Crippen molar-refractivity contribution >= 4 is 29.2 Å². The molecule has 0 spiro atoms. The third-order valence-electron chi connectivity index (χ3n) is 4.76. The number of imidazole rings is 1. The second kappa shape index (κ2) is 7.90. The van der Waals surface area contributed by atoms with Crippen molar-refractivity contribution in [3.05, 3.63) is 81.8 Å². The lowest BCUT2D eigenvalue weighted by atomic mass is 10.0. The number of aromatic nitrogens is 2. The predicted molar refractivity (Wildman–Crippen MR) is 103 cm³/mol. The average molecular weight is 471 g/mol. The standard InChI is InChI=1S/C20H12ClF5N4O2/c21-14-2-1-11(22)6-13(14)16-17-18(27-8-30(17)7-15(31)28-16)29-19(32)9-3-10(20(24,25)26)5-12(23)4-9/h1-6,8,16H,7H2,(H,28,31)(H,29,32)/t16-/m0/s1. The zero-order valence-electron chi connectivity index (χ0n) is 15.8. The molecule has 6 nitrogen and oxygen atoms in total. The Hall–Kier alpha value is -3.47. The SMILES string of the molecule is O=C1Cn2cnc(NC(=O)c3cc(F)cc(C(F)(F)F)c3)c2[C@H](c2cc(F)ccc2Cl)N1. The third kappa shape index (κ3) is 4.15. The highest BCUT2D eigenvalue weighted by atomic mass is 35.5. The molecule has 1 aliphatic rings. The van der Waals surface area contributed by atoms with E-state index in [1.165, 1.54) is 17.0 Å². The first kappa shape index (κ1) is 21.8. The van der Waals surface area contributed by atoms with Crippen LogP contribution in [0.1, 0.15) is 33.2 Å². The van der Waals surface area contributed by atoms with Crippen molar-refractivity contribution in [1.29, 1.82) is 0 Å². The summed E-state index contributed by atoms with van der Waals surface area (Å²) in [5, 5.41) is 5.08. The number of benzene rings is 2. The van der Waals surface area contributed by atoms with Crippen LogP contribution in [0.3, 0.4) is 0 Å². The van der Waals surface area contributed by atoms with Crippen molar-refractivity contribution < 1.29 is 31.5 Å². The van der Waals surface area contributed by atoms with E-state index < -0.39 is 46.8 Å². The van der Waals surface area contributed by atoms with Crippen LogP contribution in [0, 0.1) is 11.6 Å². The van der Waals surface area contributed by atoms with Crippen molar-refractivity contribution in [2.24, 2.45) is 0 Å². The molecule has 2 amide bonds. The fraction of sp³-hybridized carbons (Fsp3) is 0.150. The first-order valence-electron chi connectivity index (χ1n) is 9.01. The molecule has 0 saturated heterocycles. The summed E-state index contributed by atoms with van der Waals surface area (Å²) in [5.74, 6) is -3.47. The van der Waals surface area contributed by atoms with E-state index >= 15 is 0 Å². The van der Waals surface area contributed by atoms with E-state index in [2.05, 4.69) is 15.6 Å². The van der Waals surface area contributed by atoms with Crippen molar-refractivity contribution in [2.75, 3.05) is 5.32 Å². The van der Waals surface area contributed by atoms with Gasteiger partial charge in [0, 0.05) is 16.1 Å². The lowest BCUT2D eigenvalue weighted by Crippen LogP contribution is -2.39. The summed E-state index contributed by atoms with van der Waals surface area (Å²) in [6.45, 7) is -0.167. The largest absolute Gasteiger partial charge is 0.416 e. The van der Waals surface area contributed by atoms with Gasteiger partial charge in [0.2, 0.25) is 5.91 Å². The number of nitrogens with zero attached hydrogens (tertiary/aromatic N) is 2. The second-order valence-electron chi connectivity index (χ2n) is 6.95. The number of fused-ring (bicyclic) bond motifs is 1. The van der Waals surface area contributed by atoms with Crippen LogP contribution in [0.25, 0.3) is 0 Å². The molecule has 0 unspecified atom stereocenters. The zero-order chi connectivity index (χ0) is 23.2. The number of rotatable bonds is 3. The van der Waals surface area contributed by atoms with E-state index in [1.807, 2.05) is 0 Å². The van der Waals surface area contributed by atoms with Gasteiger partial charge in [0.25, 0.3) is 5.91 Å². The minimum Gasteiger partial charge on any atom is -0.342 e. The summed E-state index contributed by atoms with van der Waals surface area (Å²) in [7, 11) is 0. The molecule has 1 atom stereocenters. The molecule has 0 aliphatic carbocycles. The van der Waals surface area contributed by atoms with Crippen LogP contribution >= 0.6 is 11.6 Å². The molecule has 2 aromatic carbocycles. The Morgan fingerprint density at radius 2 is 1.91 bits per heavy atom. The minimum atomic E-state index is -4.85. The van der Waals surface area contributed by atoms with E-state index in [4.69, 9.17) is 11.6 Å². The summed E-state index contributed by atoms with van der Waals surface area (Å²) < 4.78 is 67.8. The Morgan fingerprint density at radius 3 is 2.62 bits per heavy atom. The lowest BCUT2D eigenvalue weighted by molar-refractivity contribution is -0.137. The Kier molecular flexibility index (Phi) is 5.37. The van der Waals surface area contributed by atoms with Crippen LogP contribution in [0.15, 0.2) is 42.7 Å². The molecule has 12 heteroatoms. The normalized spacial score (nSPS) is 15.8. The van der Waals surface area contributed by atoms with Crippen molar-refractivity contribution in [3.8, 4) is 0 Å². The lowest BCUT2D eigenvalue weighted by Gasteiger charge is -2.27. The van der Waals surface area contributed by atoms with Gasteiger partial charge in [-0.1, -0.05) is 11.6 Å². The van der Waals surface area contributed by atoms with Gasteiger partial charge in [0.1, 0.15) is 18.2 Å². The zero-order valence-corrected chi connectivity index (χ0v) is 16.6. The summed E-state index contributed by atoms with van der Waals surface area (Å²) in [6.07, 6.45) is -3.62. The first-order valence-corrected chi connectivity index (χ1v) is 9.39. The number of carbonyl (C=O) groups excluding carboxylic acids is 2. The average Bonchev–Trinajstić information content (AvgIpc) is 3.10. The predicted octanol–water partition coefficient (Wildman–Crippen LogP) is 4.31. The van der Waals surface area contributed by atoms with Crippen LogP contribution < -0.4 is 10.6 Å². The van der Waals surface area contributed by atoms with E-state index in [1.54, 1.807) is 0 Å². The van der Waals surface area contributed by atoms with Gasteiger partial charge < -0.3 is 15.2 Å². The van der Waals surface area contributed by atoms with Crippen LogP contribution in [-0.4, -0.2) is 21.4 Å². The molecule has 32 heavy (non-hydrogen) atoms. The second-order valence-corrected chi connectivity index (χ2v) is 7.36. The maximum atomic E-state index is 13.8.